The summed E-state index contributed by atoms with van der Waals surface area (Å²) < 4.78 is 18.4. The molecule has 2 aromatic rings. The highest BCUT2D eigenvalue weighted by molar-refractivity contribution is 7.14. The van der Waals surface area contributed by atoms with Gasteiger partial charge in [0.25, 0.3) is 11.8 Å². The Morgan fingerprint density at radius 3 is 2.65 bits per heavy atom. The fourth-order valence-electron chi connectivity index (χ4n) is 1.91. The lowest BCUT2D eigenvalue weighted by molar-refractivity contribution is -0.123. The van der Waals surface area contributed by atoms with Crippen molar-refractivity contribution in [2.75, 3.05) is 6.61 Å². The summed E-state index contributed by atoms with van der Waals surface area (Å²) >= 11 is 1.39. The minimum absolute atomic E-state index is 0.0181. The Labute approximate surface area is 137 Å². The summed E-state index contributed by atoms with van der Waals surface area (Å²) in [7, 11) is 0. The summed E-state index contributed by atoms with van der Waals surface area (Å²) in [4.78, 5) is 25.2. The number of amides is 2. The number of hydrazine groups is 1. The van der Waals surface area contributed by atoms with Crippen molar-refractivity contribution >= 4 is 23.2 Å². The minimum atomic E-state index is -0.578. The number of hydrogen-bond donors (Lipinski definition) is 2. The molecule has 2 amide bonds. The Balaban J connectivity index is 1.82. The third-order valence-electron chi connectivity index (χ3n) is 3.08. The van der Waals surface area contributed by atoms with Crippen LogP contribution in [0, 0.1) is 12.7 Å². The van der Waals surface area contributed by atoms with E-state index < -0.39 is 24.2 Å². The van der Waals surface area contributed by atoms with E-state index in [2.05, 4.69) is 10.9 Å². The maximum atomic E-state index is 13.3. The number of aryl methyl sites for hydroxylation is 2. The van der Waals surface area contributed by atoms with Gasteiger partial charge < -0.3 is 4.74 Å². The van der Waals surface area contributed by atoms with Gasteiger partial charge in [0, 0.05) is 4.88 Å². The van der Waals surface area contributed by atoms with E-state index in [1.165, 1.54) is 29.5 Å². The third-order valence-corrected chi connectivity index (χ3v) is 4.46. The number of benzene rings is 1. The van der Waals surface area contributed by atoms with E-state index in [1.807, 2.05) is 13.8 Å². The van der Waals surface area contributed by atoms with Gasteiger partial charge in [0.05, 0.1) is 4.88 Å². The molecule has 0 radical (unpaired) electrons. The molecule has 0 aliphatic rings. The van der Waals surface area contributed by atoms with E-state index in [4.69, 9.17) is 4.74 Å². The molecule has 5 nitrogen and oxygen atoms in total. The first-order valence-electron chi connectivity index (χ1n) is 7.07. The quantitative estimate of drug-likeness (QED) is 0.825. The molecule has 1 aromatic carbocycles. The van der Waals surface area contributed by atoms with Gasteiger partial charge >= 0.3 is 0 Å². The highest BCUT2D eigenvalue weighted by Crippen LogP contribution is 2.22. The van der Waals surface area contributed by atoms with Gasteiger partial charge in [0.1, 0.15) is 0 Å². The molecule has 0 atom stereocenters. The molecule has 1 heterocycles. The number of carbonyl (C=O) groups is 2. The van der Waals surface area contributed by atoms with E-state index in [-0.39, 0.29) is 5.75 Å². The second-order valence-corrected chi connectivity index (χ2v) is 5.93. The average Bonchev–Trinajstić information content (AvgIpc) is 2.93. The second-order valence-electron chi connectivity index (χ2n) is 4.79. The molecule has 122 valence electrons. The largest absolute Gasteiger partial charge is 0.481 e. The lowest BCUT2D eigenvalue weighted by Crippen LogP contribution is -2.43. The zero-order valence-corrected chi connectivity index (χ0v) is 13.6. The van der Waals surface area contributed by atoms with Crippen molar-refractivity contribution in [3.8, 4) is 5.75 Å². The van der Waals surface area contributed by atoms with Crippen LogP contribution in [0.1, 0.15) is 27.0 Å². The lowest BCUT2D eigenvalue weighted by Gasteiger charge is -2.08. The predicted molar refractivity (Wildman–Crippen MR) is 85.9 cm³/mol. The molecule has 0 fully saturated rings. The van der Waals surface area contributed by atoms with E-state index in [1.54, 1.807) is 12.1 Å². The van der Waals surface area contributed by atoms with E-state index in [0.29, 0.717) is 4.88 Å². The third kappa shape index (κ3) is 4.53. The zero-order chi connectivity index (χ0) is 16.8. The first kappa shape index (κ1) is 17.0. The number of halogens is 1. The number of rotatable bonds is 5. The fraction of sp³-hybridized carbons (Fsp3) is 0.250. The normalized spacial score (nSPS) is 10.2. The number of carbonyl (C=O) groups excluding carboxylic acids is 2. The van der Waals surface area contributed by atoms with Gasteiger partial charge in [-0.2, -0.15) is 0 Å². The van der Waals surface area contributed by atoms with Crippen LogP contribution in [0.3, 0.4) is 0 Å². The van der Waals surface area contributed by atoms with E-state index >= 15 is 0 Å². The van der Waals surface area contributed by atoms with Crippen molar-refractivity contribution < 1.29 is 18.7 Å². The summed E-state index contributed by atoms with van der Waals surface area (Å²) in [6, 6.07) is 7.56. The van der Waals surface area contributed by atoms with Crippen LogP contribution in [0.4, 0.5) is 4.39 Å². The van der Waals surface area contributed by atoms with Crippen molar-refractivity contribution in [1.29, 1.82) is 0 Å². The van der Waals surface area contributed by atoms with Crippen LogP contribution in [0.15, 0.2) is 30.3 Å². The first-order chi connectivity index (χ1) is 11.0. The summed E-state index contributed by atoms with van der Waals surface area (Å²) in [5.74, 6) is -1.54. The molecule has 1 aromatic heterocycles. The van der Waals surface area contributed by atoms with Crippen LogP contribution in [-0.2, 0) is 11.2 Å². The Kier molecular flexibility index (Phi) is 5.70. The average molecular weight is 336 g/mol. The van der Waals surface area contributed by atoms with Gasteiger partial charge in [0.2, 0.25) is 0 Å². The standard InChI is InChI=1S/C16H17FN2O3S/c1-3-13-10(2)8-14(23-13)16(21)19-18-15(20)9-22-12-7-5-4-6-11(12)17/h4-8H,3,9H2,1-2H3,(H,18,20)(H,19,21). The number of hydrogen-bond acceptors (Lipinski definition) is 4. The van der Waals surface area contributed by atoms with Crippen LogP contribution in [0.5, 0.6) is 5.75 Å². The molecule has 0 aliphatic carbocycles. The molecule has 0 saturated carbocycles. The molecule has 23 heavy (non-hydrogen) atoms. The summed E-state index contributed by atoms with van der Waals surface area (Å²) in [5, 5.41) is 0. The highest BCUT2D eigenvalue weighted by Gasteiger charge is 2.13. The molecule has 0 unspecified atom stereocenters. The minimum Gasteiger partial charge on any atom is -0.481 e. The van der Waals surface area contributed by atoms with Gasteiger partial charge in [-0.15, -0.1) is 11.3 Å². The SMILES string of the molecule is CCc1sc(C(=O)NNC(=O)COc2ccccc2F)cc1C. The molecule has 0 saturated heterocycles. The van der Waals surface area contributed by atoms with Gasteiger partial charge in [-0.3, -0.25) is 20.4 Å². The van der Waals surface area contributed by atoms with Crippen LogP contribution in [0.2, 0.25) is 0 Å². The van der Waals surface area contributed by atoms with Gasteiger partial charge in [-0.05, 0) is 37.1 Å². The molecule has 0 aliphatic heterocycles. The zero-order valence-electron chi connectivity index (χ0n) is 12.8. The number of thiophene rings is 1. The van der Waals surface area contributed by atoms with E-state index in [9.17, 15) is 14.0 Å². The van der Waals surface area contributed by atoms with E-state index in [0.717, 1.165) is 16.9 Å². The Morgan fingerprint density at radius 1 is 1.26 bits per heavy atom. The summed E-state index contributed by atoms with van der Waals surface area (Å²) in [6.07, 6.45) is 0.854. The molecule has 0 spiro atoms. The molecule has 7 heteroatoms. The Hall–Kier alpha value is -2.41. The Morgan fingerprint density at radius 2 is 2.00 bits per heavy atom. The molecular weight excluding hydrogens is 319 g/mol. The summed E-state index contributed by atoms with van der Waals surface area (Å²) in [5.41, 5.74) is 5.60. The predicted octanol–water partition coefficient (Wildman–Crippen LogP) is 2.60. The van der Waals surface area contributed by atoms with Crippen molar-refractivity contribution in [3.63, 3.8) is 0 Å². The fourth-order valence-corrected chi connectivity index (χ4v) is 2.92. The number of ether oxygens (including phenoxy) is 1. The topological polar surface area (TPSA) is 67.4 Å². The van der Waals surface area contributed by atoms with Crippen molar-refractivity contribution in [2.45, 2.75) is 20.3 Å². The first-order valence-corrected chi connectivity index (χ1v) is 7.88. The molecule has 2 rings (SSSR count). The van der Waals surface area contributed by atoms with Crippen molar-refractivity contribution in [3.05, 3.63) is 51.5 Å². The summed E-state index contributed by atoms with van der Waals surface area (Å²) in [6.45, 7) is 3.56. The van der Waals surface area contributed by atoms with Crippen LogP contribution in [0.25, 0.3) is 0 Å². The smallest absolute Gasteiger partial charge is 0.279 e. The van der Waals surface area contributed by atoms with Crippen LogP contribution < -0.4 is 15.6 Å². The van der Waals surface area contributed by atoms with Gasteiger partial charge in [0.15, 0.2) is 18.2 Å². The monoisotopic (exact) mass is 336 g/mol. The van der Waals surface area contributed by atoms with Gasteiger partial charge in [-0.1, -0.05) is 19.1 Å². The lowest BCUT2D eigenvalue weighted by atomic mass is 10.2. The molecule has 0 bridgehead atoms. The molecular formula is C16H17FN2O3S. The maximum absolute atomic E-state index is 13.3. The van der Waals surface area contributed by atoms with Crippen molar-refractivity contribution in [1.82, 2.24) is 10.9 Å². The van der Waals surface area contributed by atoms with Crippen molar-refractivity contribution in [2.24, 2.45) is 0 Å². The number of para-hydroxylation sites is 1. The number of nitrogens with one attached hydrogen (secondary N) is 2. The highest BCUT2D eigenvalue weighted by atomic mass is 32.1. The van der Waals surface area contributed by atoms with Gasteiger partial charge in [-0.25, -0.2) is 4.39 Å². The Bertz CT molecular complexity index is 715. The molecule has 2 N–H and O–H groups in total. The van der Waals surface area contributed by atoms with Crippen LogP contribution in [-0.4, -0.2) is 18.4 Å². The second kappa shape index (κ2) is 7.73. The maximum Gasteiger partial charge on any atom is 0.279 e. The van der Waals surface area contributed by atoms with Crippen LogP contribution >= 0.6 is 11.3 Å².